The van der Waals surface area contributed by atoms with E-state index in [1.165, 1.54) is 0 Å². The zero-order valence-corrected chi connectivity index (χ0v) is 35.6. The molecule has 6 heteroatoms. The Hall–Kier alpha value is -8.09. The van der Waals surface area contributed by atoms with E-state index in [1.807, 2.05) is 84.9 Å². The molecule has 0 radical (unpaired) electrons. The summed E-state index contributed by atoms with van der Waals surface area (Å²) < 4.78 is 95.9. The van der Waals surface area contributed by atoms with Crippen molar-refractivity contribution in [2.45, 2.75) is 27.1 Å². The van der Waals surface area contributed by atoms with Crippen molar-refractivity contribution in [2.75, 3.05) is 16.5 Å². The van der Waals surface area contributed by atoms with Crippen LogP contribution in [0.1, 0.15) is 37.3 Å². The summed E-state index contributed by atoms with van der Waals surface area (Å²) in [6.45, 7) is 1.38. The molecule has 0 atom stereocenters. The van der Waals surface area contributed by atoms with Gasteiger partial charge >= 0.3 is 0 Å². The maximum absolute atomic E-state index is 9.54. The average molecular weight is 852 g/mol. The van der Waals surface area contributed by atoms with Crippen molar-refractivity contribution >= 4 is 44.6 Å². The van der Waals surface area contributed by atoms with Gasteiger partial charge in [-0.3, -0.25) is 4.57 Å². The molecular weight excluding hydrogens is 797 g/mol. The van der Waals surface area contributed by atoms with E-state index in [0.717, 1.165) is 39.3 Å². The Morgan fingerprint density at radius 3 is 2.15 bits per heavy atom. The quantitative estimate of drug-likeness (QED) is 0.177. The van der Waals surface area contributed by atoms with Crippen molar-refractivity contribution in [1.29, 1.82) is 0 Å². The lowest BCUT2D eigenvalue weighted by Crippen LogP contribution is -2.25. The predicted molar refractivity (Wildman–Crippen MR) is 267 cm³/mol. The van der Waals surface area contributed by atoms with Crippen molar-refractivity contribution in [3.8, 4) is 62.2 Å². The summed E-state index contributed by atoms with van der Waals surface area (Å²) in [4.78, 5) is 9.37. The van der Waals surface area contributed by atoms with Crippen LogP contribution in [-0.2, 0) is 6.37 Å². The molecule has 4 aliphatic heterocycles. The van der Waals surface area contributed by atoms with E-state index in [0.29, 0.717) is 51.4 Å². The van der Waals surface area contributed by atoms with Gasteiger partial charge in [-0.25, -0.2) is 4.98 Å². The number of hydrogen-bond donors (Lipinski definition) is 0. The molecule has 65 heavy (non-hydrogen) atoms. The minimum atomic E-state index is -2.58. The lowest BCUT2D eigenvalue weighted by Gasteiger charge is -2.27. The number of anilines is 4. The molecule has 0 N–H and O–H groups in total. The molecule has 0 fully saturated rings. The fraction of sp³-hybridized carbons (Fsp3) is 0.102. The van der Waals surface area contributed by atoms with E-state index in [9.17, 15) is 4.11 Å². The van der Waals surface area contributed by atoms with Gasteiger partial charge in [-0.1, -0.05) is 123 Å². The van der Waals surface area contributed by atoms with Crippen molar-refractivity contribution in [3.05, 3.63) is 205 Å². The fourth-order valence-corrected chi connectivity index (χ4v) is 9.23. The van der Waals surface area contributed by atoms with Crippen LogP contribution in [0.3, 0.4) is 0 Å². The lowest BCUT2D eigenvalue weighted by molar-refractivity contribution is 0.479. The number of benzene rings is 8. The van der Waals surface area contributed by atoms with Crippen molar-refractivity contribution < 1.29 is 21.8 Å². The molecule has 4 aliphatic rings. The summed E-state index contributed by atoms with van der Waals surface area (Å²) in [5.74, 6) is 1.13. The number of para-hydroxylation sites is 4. The highest BCUT2D eigenvalue weighted by atomic mass is 16.5. The summed E-state index contributed by atoms with van der Waals surface area (Å²) in [5, 5.41) is 0.699. The minimum Gasteiger partial charge on any atom is -0.457 e. The maximum atomic E-state index is 9.54. The molecule has 8 aromatic carbocycles. The first kappa shape index (κ1) is 30.1. The second kappa shape index (κ2) is 15.6. The van der Waals surface area contributed by atoms with Gasteiger partial charge in [0, 0.05) is 58.3 Å². The number of hydrogen-bond acceptors (Lipinski definition) is 5. The van der Waals surface area contributed by atoms with Crippen LogP contribution in [-0.4, -0.2) is 16.2 Å². The Labute approximate surface area is 391 Å². The number of rotatable bonds is 3. The Balaban J connectivity index is 1.13. The van der Waals surface area contributed by atoms with Gasteiger partial charge in [0.15, 0.2) is 0 Å². The molecule has 6 heterocycles. The van der Waals surface area contributed by atoms with E-state index in [2.05, 4.69) is 46.2 Å². The third-order valence-corrected chi connectivity index (χ3v) is 12.1. The highest BCUT2D eigenvalue weighted by molar-refractivity contribution is 6.09. The number of pyridine rings is 1. The van der Waals surface area contributed by atoms with Gasteiger partial charge in [0.2, 0.25) is 0 Å². The van der Waals surface area contributed by atoms with Crippen LogP contribution in [0.2, 0.25) is 0 Å². The molecule has 0 saturated heterocycles. The molecule has 10 aromatic rings. The summed E-state index contributed by atoms with van der Waals surface area (Å²) in [6, 6.07) is 50.5. The molecule has 12 bridgehead atoms. The summed E-state index contributed by atoms with van der Waals surface area (Å²) in [6.07, 6.45) is -0.327. The Morgan fingerprint density at radius 2 is 1.34 bits per heavy atom. The van der Waals surface area contributed by atoms with Crippen LogP contribution in [0.25, 0.3) is 61.0 Å². The monoisotopic (exact) mass is 851 g/mol. The first-order valence-corrected chi connectivity index (χ1v) is 21.7. The van der Waals surface area contributed by atoms with E-state index in [-0.39, 0.29) is 45.9 Å². The smallest absolute Gasteiger partial charge is 0.137 e. The van der Waals surface area contributed by atoms with Gasteiger partial charge < -0.3 is 19.3 Å². The molecule has 0 amide bonds. The number of nitrogens with zero attached hydrogens (tertiary/aromatic N) is 4. The highest BCUT2D eigenvalue weighted by Gasteiger charge is 2.32. The van der Waals surface area contributed by atoms with Gasteiger partial charge in [0.1, 0.15) is 35.5 Å². The Bertz CT molecular complexity index is 3890. The molecule has 314 valence electrons. The van der Waals surface area contributed by atoms with E-state index in [4.69, 9.17) is 22.7 Å². The standard InChI is InChI=1S/C59H46N4O2/c1-38(2)31-43-33-58-60-36-52(43)42-15-11-16-46(32-42)64-45-27-24-41(25-28-45)49-19-12-18-48(40-13-5-4-6-14-40)59(49)62-37-61(54-21-9-10-22-55(54)62)44-26-23-39(3)57(34-44)65-47-29-30-51-50-17-7-8-20-53(50)63(58)56(51)35-47/h4-30,32-36,38H,31,37H2,1-3H3/i3D3,7D,8D,17D,20D,31D2. The number of aryl methyl sites for hydroxylation is 1. The molecule has 0 unspecified atom stereocenters. The summed E-state index contributed by atoms with van der Waals surface area (Å²) in [5.41, 5.74) is 9.43. The summed E-state index contributed by atoms with van der Waals surface area (Å²) in [7, 11) is 0. The minimum absolute atomic E-state index is 0.0193. The van der Waals surface area contributed by atoms with Crippen LogP contribution in [0, 0.1) is 12.8 Å². The number of aromatic nitrogens is 2. The fourth-order valence-electron chi connectivity index (χ4n) is 9.23. The predicted octanol–water partition coefficient (Wildman–Crippen LogP) is 15.8. The van der Waals surface area contributed by atoms with Gasteiger partial charge in [-0.2, -0.15) is 0 Å². The Morgan fingerprint density at radius 1 is 0.615 bits per heavy atom. The van der Waals surface area contributed by atoms with Crippen LogP contribution in [0.4, 0.5) is 22.7 Å². The first-order chi connectivity index (χ1) is 35.6. The molecule has 6 nitrogen and oxygen atoms in total. The third-order valence-electron chi connectivity index (χ3n) is 12.1. The molecule has 0 aliphatic carbocycles. The zero-order valence-electron chi connectivity index (χ0n) is 44.6. The maximum Gasteiger partial charge on any atom is 0.137 e. The first-order valence-electron chi connectivity index (χ1n) is 26.2. The molecular formula is C59H46N4O2. The van der Waals surface area contributed by atoms with Crippen molar-refractivity contribution in [3.63, 3.8) is 0 Å². The largest absolute Gasteiger partial charge is 0.457 e. The zero-order chi connectivity index (χ0) is 51.4. The lowest BCUT2D eigenvalue weighted by atomic mass is 9.94. The van der Waals surface area contributed by atoms with Gasteiger partial charge in [-0.05, 0) is 114 Å². The van der Waals surface area contributed by atoms with E-state index < -0.39 is 31.2 Å². The van der Waals surface area contributed by atoms with Crippen LogP contribution in [0.5, 0.6) is 23.0 Å². The second-order valence-electron chi connectivity index (χ2n) is 16.6. The Kier molecular flexibility index (Phi) is 7.22. The van der Waals surface area contributed by atoms with Gasteiger partial charge in [-0.15, -0.1) is 0 Å². The number of ether oxygens (including phenoxy) is 2. The second-order valence-corrected chi connectivity index (χ2v) is 16.6. The average Bonchev–Trinajstić information content (AvgIpc) is 3.97. The van der Waals surface area contributed by atoms with Crippen LogP contribution in [0.15, 0.2) is 194 Å². The van der Waals surface area contributed by atoms with Gasteiger partial charge in [0.25, 0.3) is 0 Å². The normalized spacial score (nSPS) is 15.3. The molecule has 0 saturated carbocycles. The highest BCUT2D eigenvalue weighted by Crippen LogP contribution is 2.51. The van der Waals surface area contributed by atoms with Crippen LogP contribution >= 0.6 is 0 Å². The molecule has 0 spiro atoms. The topological polar surface area (TPSA) is 42.8 Å². The third kappa shape index (κ3) is 6.77. The molecule has 2 aromatic heterocycles. The SMILES string of the molecule is [2H]c1c([2H])c([2H])c2c(c1[2H])c1ccc3cc1n2-c1cc(C([2H])([2H])C(C)C)c(cn1)-c1cccc(c1)Oc1ccc(cc1)-c1cccc(-c2ccccc2)c1N1CN(c2ccc(C([2H])([2H])[2H])c(c2)O3)c2ccccc21. The van der Waals surface area contributed by atoms with E-state index in [1.54, 1.807) is 67.1 Å². The number of fused-ring (bicyclic) bond motifs is 5. The van der Waals surface area contributed by atoms with Crippen LogP contribution < -0.4 is 19.3 Å². The van der Waals surface area contributed by atoms with Crippen molar-refractivity contribution in [1.82, 2.24) is 9.55 Å². The van der Waals surface area contributed by atoms with Crippen molar-refractivity contribution in [2.24, 2.45) is 5.92 Å². The van der Waals surface area contributed by atoms with E-state index >= 15 is 0 Å². The summed E-state index contributed by atoms with van der Waals surface area (Å²) >= 11 is 0. The van der Waals surface area contributed by atoms with Gasteiger partial charge in [0.05, 0.1) is 33.6 Å². The molecule has 14 rings (SSSR count).